The number of fused-ring (bicyclic) bond motifs is 1. The number of nitrogens with zero attached hydrogens (tertiary/aromatic N) is 6. The smallest absolute Gasteiger partial charge is 0.261 e. The second-order valence-corrected chi connectivity index (χ2v) is 10.7. The maximum Gasteiger partial charge on any atom is 0.261 e. The lowest BCUT2D eigenvalue weighted by molar-refractivity contribution is 0.0832. The maximum atomic E-state index is 13.5. The number of benzene rings is 2. The lowest BCUT2D eigenvalue weighted by Gasteiger charge is -2.38. The average Bonchev–Trinajstić information content (AvgIpc) is 3.63. The number of aromatic nitrogens is 4. The van der Waals surface area contributed by atoms with E-state index < -0.39 is 0 Å². The zero-order valence-electron chi connectivity index (χ0n) is 22.2. The standard InChI is InChI=1S/C30H33FN6O2/c1-34(29-32-17-14-27(38)37(29)28(39)22-6-2-3-7-22)24-15-18-35(19-16-24)30-33-25-8-4-5-9-26(25)36(30)20-21-10-12-23(31)13-11-21/h4-5,8-14,17,22,24H,2-3,6-7,15-16,18-20H2,1H3. The molecule has 1 aliphatic heterocycles. The normalized spacial score (nSPS) is 16.7. The van der Waals surface area contributed by atoms with Gasteiger partial charge in [-0.15, -0.1) is 0 Å². The van der Waals surface area contributed by atoms with Crippen LogP contribution in [0.25, 0.3) is 11.0 Å². The van der Waals surface area contributed by atoms with E-state index in [1.807, 2.05) is 42.3 Å². The fraction of sp³-hybridized carbons (Fsp3) is 0.400. The van der Waals surface area contributed by atoms with Gasteiger partial charge in [0.1, 0.15) is 5.82 Å². The summed E-state index contributed by atoms with van der Waals surface area (Å²) in [5.41, 5.74) is 2.67. The van der Waals surface area contributed by atoms with Gasteiger partial charge >= 0.3 is 0 Å². The predicted octanol–water partition coefficient (Wildman–Crippen LogP) is 4.72. The first-order valence-electron chi connectivity index (χ1n) is 13.8. The Labute approximate surface area is 226 Å². The van der Waals surface area contributed by atoms with Crippen LogP contribution in [0.2, 0.25) is 0 Å². The highest BCUT2D eigenvalue weighted by Crippen LogP contribution is 2.30. The van der Waals surface area contributed by atoms with Gasteiger partial charge in [0.05, 0.1) is 17.6 Å². The third kappa shape index (κ3) is 4.93. The molecule has 1 aliphatic carbocycles. The van der Waals surface area contributed by atoms with Crippen molar-refractivity contribution in [1.29, 1.82) is 0 Å². The summed E-state index contributed by atoms with van der Waals surface area (Å²) in [6, 6.07) is 16.2. The number of hydrogen-bond donors (Lipinski definition) is 0. The van der Waals surface area contributed by atoms with Gasteiger partial charge < -0.3 is 14.4 Å². The molecule has 0 N–H and O–H groups in total. The van der Waals surface area contributed by atoms with Crippen molar-refractivity contribution < 1.29 is 9.18 Å². The summed E-state index contributed by atoms with van der Waals surface area (Å²) in [5, 5.41) is 0. The molecule has 0 radical (unpaired) electrons. The minimum atomic E-state index is -0.310. The van der Waals surface area contributed by atoms with Gasteiger partial charge in [0.25, 0.3) is 5.56 Å². The lowest BCUT2D eigenvalue weighted by Crippen LogP contribution is -2.47. The monoisotopic (exact) mass is 528 g/mol. The van der Waals surface area contributed by atoms with Gasteiger partial charge in [-0.25, -0.2) is 18.9 Å². The molecule has 0 atom stereocenters. The van der Waals surface area contributed by atoms with Crippen LogP contribution in [0.1, 0.15) is 48.9 Å². The highest BCUT2D eigenvalue weighted by Gasteiger charge is 2.31. The molecule has 3 heterocycles. The molecule has 2 fully saturated rings. The fourth-order valence-electron chi connectivity index (χ4n) is 6.06. The van der Waals surface area contributed by atoms with E-state index in [1.54, 1.807) is 0 Å². The zero-order chi connectivity index (χ0) is 26.9. The molecule has 4 aromatic rings. The summed E-state index contributed by atoms with van der Waals surface area (Å²) in [7, 11) is 1.93. The minimum Gasteiger partial charge on any atom is -0.342 e. The Balaban J connectivity index is 1.22. The van der Waals surface area contributed by atoms with E-state index >= 15 is 0 Å². The number of carbonyl (C=O) groups is 1. The minimum absolute atomic E-state index is 0.102. The molecule has 0 amide bonds. The van der Waals surface area contributed by atoms with Gasteiger partial charge in [-0.3, -0.25) is 9.59 Å². The average molecular weight is 529 g/mol. The molecule has 1 saturated heterocycles. The molecular formula is C30H33FN6O2. The first-order chi connectivity index (χ1) is 19.0. The lowest BCUT2D eigenvalue weighted by atomic mass is 10.0. The van der Waals surface area contributed by atoms with Crippen molar-refractivity contribution in [3.8, 4) is 0 Å². The Kier molecular flexibility index (Phi) is 6.89. The molecule has 2 aromatic carbocycles. The van der Waals surface area contributed by atoms with E-state index in [2.05, 4.69) is 20.5 Å². The van der Waals surface area contributed by atoms with Crippen molar-refractivity contribution in [1.82, 2.24) is 19.1 Å². The Morgan fingerprint density at radius 3 is 2.46 bits per heavy atom. The van der Waals surface area contributed by atoms with Crippen molar-refractivity contribution in [3.05, 3.63) is 82.5 Å². The van der Waals surface area contributed by atoms with Crippen LogP contribution in [-0.4, -0.2) is 51.2 Å². The predicted molar refractivity (Wildman–Crippen MR) is 150 cm³/mol. The quantitative estimate of drug-likeness (QED) is 0.361. The van der Waals surface area contributed by atoms with E-state index in [4.69, 9.17) is 4.98 Å². The molecule has 1 saturated carbocycles. The summed E-state index contributed by atoms with van der Waals surface area (Å²) in [6.07, 6.45) is 6.89. The first kappa shape index (κ1) is 25.3. The van der Waals surface area contributed by atoms with Crippen LogP contribution in [0.4, 0.5) is 16.3 Å². The largest absolute Gasteiger partial charge is 0.342 e. The first-order valence-corrected chi connectivity index (χ1v) is 13.8. The summed E-state index contributed by atoms with van der Waals surface area (Å²) < 4.78 is 17.0. The molecule has 6 rings (SSSR count). The van der Waals surface area contributed by atoms with E-state index in [9.17, 15) is 14.0 Å². The maximum absolute atomic E-state index is 13.5. The number of rotatable bonds is 6. The van der Waals surface area contributed by atoms with E-state index in [-0.39, 0.29) is 29.2 Å². The third-order valence-corrected chi connectivity index (χ3v) is 8.25. The van der Waals surface area contributed by atoms with Crippen LogP contribution in [0, 0.1) is 11.7 Å². The molecular weight excluding hydrogens is 495 g/mol. The van der Waals surface area contributed by atoms with Crippen molar-refractivity contribution in [2.24, 2.45) is 5.92 Å². The molecule has 9 heteroatoms. The molecule has 0 bridgehead atoms. The number of anilines is 2. The van der Waals surface area contributed by atoms with Crippen LogP contribution in [-0.2, 0) is 6.54 Å². The molecule has 2 aliphatic rings. The Hall–Kier alpha value is -4.01. The second kappa shape index (κ2) is 10.6. The Morgan fingerprint density at radius 1 is 1.00 bits per heavy atom. The molecule has 202 valence electrons. The number of piperidine rings is 1. The van der Waals surface area contributed by atoms with Gasteiger partial charge in [-0.05, 0) is 55.5 Å². The number of carbonyl (C=O) groups excluding carboxylic acids is 1. The van der Waals surface area contributed by atoms with Crippen molar-refractivity contribution in [2.75, 3.05) is 29.9 Å². The third-order valence-electron chi connectivity index (χ3n) is 8.25. The summed E-state index contributed by atoms with van der Waals surface area (Å²) in [5.74, 6) is 0.854. The topological polar surface area (TPSA) is 76.3 Å². The number of para-hydroxylation sites is 2. The van der Waals surface area contributed by atoms with E-state index in [1.165, 1.54) is 29.0 Å². The van der Waals surface area contributed by atoms with Gasteiger partial charge in [0.2, 0.25) is 17.8 Å². The van der Waals surface area contributed by atoms with E-state index in [0.717, 1.165) is 74.2 Å². The van der Waals surface area contributed by atoms with Gasteiger partial charge in [0.15, 0.2) is 0 Å². The molecule has 39 heavy (non-hydrogen) atoms. The highest BCUT2D eigenvalue weighted by atomic mass is 19.1. The highest BCUT2D eigenvalue weighted by molar-refractivity contribution is 5.84. The van der Waals surface area contributed by atoms with Crippen LogP contribution < -0.4 is 15.4 Å². The fourth-order valence-corrected chi connectivity index (χ4v) is 6.06. The number of halogens is 1. The summed E-state index contributed by atoms with van der Waals surface area (Å²) in [4.78, 5) is 39.8. The number of imidazole rings is 1. The molecule has 2 aromatic heterocycles. The van der Waals surface area contributed by atoms with E-state index in [0.29, 0.717) is 12.5 Å². The molecule has 0 spiro atoms. The second-order valence-electron chi connectivity index (χ2n) is 10.7. The van der Waals surface area contributed by atoms with Crippen LogP contribution in [0.15, 0.2) is 65.6 Å². The van der Waals surface area contributed by atoms with Crippen LogP contribution in [0.3, 0.4) is 0 Å². The Morgan fingerprint density at radius 2 is 1.72 bits per heavy atom. The number of hydrogen-bond acceptors (Lipinski definition) is 6. The Bertz CT molecular complexity index is 1530. The van der Waals surface area contributed by atoms with Crippen LogP contribution >= 0.6 is 0 Å². The van der Waals surface area contributed by atoms with Gasteiger partial charge in [-0.1, -0.05) is 37.1 Å². The molecule has 0 unspecified atom stereocenters. The van der Waals surface area contributed by atoms with Crippen LogP contribution in [0.5, 0.6) is 0 Å². The molecule has 8 nitrogen and oxygen atoms in total. The van der Waals surface area contributed by atoms with Gasteiger partial charge in [-0.2, -0.15) is 0 Å². The van der Waals surface area contributed by atoms with Crippen molar-refractivity contribution in [2.45, 2.75) is 51.1 Å². The SMILES string of the molecule is CN(c1nccc(=O)n1C(=O)C1CCCC1)C1CCN(c2nc3ccccc3n2Cc2ccc(F)cc2)CC1. The zero-order valence-corrected chi connectivity index (χ0v) is 22.2. The summed E-state index contributed by atoms with van der Waals surface area (Å²) >= 11 is 0. The van der Waals surface area contributed by atoms with Crippen molar-refractivity contribution in [3.63, 3.8) is 0 Å². The van der Waals surface area contributed by atoms with Gasteiger partial charge in [0, 0.05) is 44.4 Å². The summed E-state index contributed by atoms with van der Waals surface area (Å²) in [6.45, 7) is 2.14. The van der Waals surface area contributed by atoms with Crippen molar-refractivity contribution >= 4 is 28.8 Å².